The molecule has 0 N–H and O–H groups in total. The molecule has 100 valence electrons. The number of rotatable bonds is 2. The summed E-state index contributed by atoms with van der Waals surface area (Å²) in [4.78, 5) is 16.5. The smallest absolute Gasteiger partial charge is 0.413 e. The van der Waals surface area contributed by atoms with Gasteiger partial charge in [0.1, 0.15) is 5.82 Å². The number of carbonyl (C=O) groups is 1. The fraction of sp³-hybridized carbons (Fsp3) is 0.250. The van der Waals surface area contributed by atoms with E-state index in [1.54, 1.807) is 20.2 Å². The third-order valence-corrected chi connectivity index (χ3v) is 2.64. The summed E-state index contributed by atoms with van der Waals surface area (Å²) in [5.41, 5.74) is 1.68. The molecule has 2 aromatic heterocycles. The second kappa shape index (κ2) is 5.05. The molecule has 0 aliphatic heterocycles. The Kier molecular flexibility index (Phi) is 3.46. The fourth-order valence-corrected chi connectivity index (χ4v) is 1.67. The molecule has 7 heteroatoms. The average molecular weight is 264 g/mol. The van der Waals surface area contributed by atoms with Crippen molar-refractivity contribution in [2.24, 2.45) is 0 Å². The summed E-state index contributed by atoms with van der Waals surface area (Å²) < 4.78 is 19.2. The maximum absolute atomic E-state index is 13.1. The minimum Gasteiger partial charge on any atom is -0.452 e. The zero-order valence-electron chi connectivity index (χ0n) is 10.8. The quantitative estimate of drug-likeness (QED) is 0.831. The van der Waals surface area contributed by atoms with Crippen molar-refractivity contribution in [3.63, 3.8) is 0 Å². The maximum Gasteiger partial charge on any atom is 0.413 e. The van der Waals surface area contributed by atoms with Crippen LogP contribution in [0.1, 0.15) is 5.69 Å². The van der Waals surface area contributed by atoms with Gasteiger partial charge in [0.15, 0.2) is 0 Å². The van der Waals surface area contributed by atoms with Crippen LogP contribution in [-0.2, 0) is 4.74 Å². The number of amides is 1. The highest BCUT2D eigenvalue weighted by Gasteiger charge is 2.16. The van der Waals surface area contributed by atoms with Crippen LogP contribution in [0.5, 0.6) is 0 Å². The number of hydrogen-bond acceptors (Lipinski definition) is 4. The molecular formula is C12H13FN4O2. The van der Waals surface area contributed by atoms with E-state index in [2.05, 4.69) is 14.8 Å². The van der Waals surface area contributed by atoms with Gasteiger partial charge in [0.25, 0.3) is 0 Å². The maximum atomic E-state index is 13.1. The van der Waals surface area contributed by atoms with E-state index in [9.17, 15) is 9.18 Å². The van der Waals surface area contributed by atoms with Gasteiger partial charge in [0.05, 0.1) is 42.8 Å². The standard InChI is InChI=1S/C12H13FN4O2/c1-8-11(16(2)12(18)19-3)7-17(15-8)10-4-9(13)5-14-6-10/h4-7H,1-3H3. The van der Waals surface area contributed by atoms with Gasteiger partial charge in [-0.2, -0.15) is 5.10 Å². The molecule has 0 unspecified atom stereocenters. The molecule has 0 fully saturated rings. The monoisotopic (exact) mass is 264 g/mol. The lowest BCUT2D eigenvalue weighted by molar-refractivity contribution is 0.180. The Morgan fingerprint density at radius 1 is 1.47 bits per heavy atom. The van der Waals surface area contributed by atoms with Gasteiger partial charge in [-0.15, -0.1) is 0 Å². The largest absolute Gasteiger partial charge is 0.452 e. The second-order valence-corrected chi connectivity index (χ2v) is 3.93. The van der Waals surface area contributed by atoms with Crippen LogP contribution < -0.4 is 4.90 Å². The molecule has 0 spiro atoms. The summed E-state index contributed by atoms with van der Waals surface area (Å²) >= 11 is 0. The van der Waals surface area contributed by atoms with Gasteiger partial charge in [-0.25, -0.2) is 13.9 Å². The molecule has 1 amide bonds. The number of pyridine rings is 1. The van der Waals surface area contributed by atoms with Crippen molar-refractivity contribution < 1.29 is 13.9 Å². The van der Waals surface area contributed by atoms with Crippen molar-refractivity contribution in [3.8, 4) is 5.69 Å². The van der Waals surface area contributed by atoms with E-state index in [-0.39, 0.29) is 0 Å². The predicted molar refractivity (Wildman–Crippen MR) is 66.9 cm³/mol. The van der Waals surface area contributed by atoms with Crippen LogP contribution >= 0.6 is 0 Å². The summed E-state index contributed by atoms with van der Waals surface area (Å²) in [7, 11) is 2.87. The molecular weight excluding hydrogens is 251 g/mol. The van der Waals surface area contributed by atoms with E-state index in [0.717, 1.165) is 6.20 Å². The Hall–Kier alpha value is -2.44. The Labute approximate surface area is 109 Å². The molecule has 6 nitrogen and oxygen atoms in total. The summed E-state index contributed by atoms with van der Waals surface area (Å²) in [5, 5.41) is 4.22. The lowest BCUT2D eigenvalue weighted by Gasteiger charge is -2.13. The fourth-order valence-electron chi connectivity index (χ4n) is 1.67. The SMILES string of the molecule is COC(=O)N(C)c1cn(-c2cncc(F)c2)nc1C. The van der Waals surface area contributed by atoms with E-state index < -0.39 is 11.9 Å². The molecule has 0 aliphatic rings. The van der Waals surface area contributed by atoms with Crippen LogP contribution in [0.2, 0.25) is 0 Å². The molecule has 0 radical (unpaired) electrons. The minimum atomic E-state index is -0.500. The number of hydrogen-bond donors (Lipinski definition) is 0. The number of methoxy groups -OCH3 is 1. The number of aromatic nitrogens is 3. The van der Waals surface area contributed by atoms with Gasteiger partial charge in [-0.3, -0.25) is 9.88 Å². The molecule has 0 aromatic carbocycles. The number of ether oxygens (including phenoxy) is 1. The van der Waals surface area contributed by atoms with Gasteiger partial charge < -0.3 is 4.74 Å². The third kappa shape index (κ3) is 2.54. The molecule has 0 bridgehead atoms. The van der Waals surface area contributed by atoms with Crippen LogP contribution in [0.25, 0.3) is 5.69 Å². The molecule has 0 aliphatic carbocycles. The average Bonchev–Trinajstić information content (AvgIpc) is 2.79. The predicted octanol–water partition coefficient (Wildman–Crippen LogP) is 1.92. The van der Waals surface area contributed by atoms with E-state index in [1.165, 1.54) is 29.0 Å². The molecule has 2 aromatic rings. The van der Waals surface area contributed by atoms with Crippen LogP contribution in [0, 0.1) is 12.7 Å². The first-order valence-electron chi connectivity index (χ1n) is 5.52. The molecule has 0 saturated carbocycles. The molecule has 0 saturated heterocycles. The van der Waals surface area contributed by atoms with E-state index in [1.807, 2.05) is 0 Å². The lowest BCUT2D eigenvalue weighted by atomic mass is 10.4. The van der Waals surface area contributed by atoms with Gasteiger partial charge in [-0.1, -0.05) is 0 Å². The van der Waals surface area contributed by atoms with E-state index in [4.69, 9.17) is 0 Å². The van der Waals surface area contributed by atoms with Crippen molar-refractivity contribution in [2.45, 2.75) is 6.92 Å². The first-order chi connectivity index (χ1) is 9.02. The van der Waals surface area contributed by atoms with E-state index in [0.29, 0.717) is 17.1 Å². The van der Waals surface area contributed by atoms with Gasteiger partial charge in [-0.05, 0) is 6.92 Å². The van der Waals surface area contributed by atoms with Gasteiger partial charge in [0.2, 0.25) is 0 Å². The highest BCUT2D eigenvalue weighted by molar-refractivity contribution is 5.87. The zero-order chi connectivity index (χ0) is 14.0. The highest BCUT2D eigenvalue weighted by Crippen LogP contribution is 2.20. The van der Waals surface area contributed by atoms with Crippen LogP contribution in [0.15, 0.2) is 24.7 Å². The third-order valence-electron chi connectivity index (χ3n) is 2.64. The van der Waals surface area contributed by atoms with Crippen LogP contribution in [0.4, 0.5) is 14.9 Å². The number of carbonyl (C=O) groups excluding carboxylic acids is 1. The summed E-state index contributed by atoms with van der Waals surface area (Å²) in [6, 6.07) is 1.31. The number of anilines is 1. The first kappa shape index (κ1) is 13.0. The van der Waals surface area contributed by atoms with Crippen molar-refractivity contribution in [3.05, 3.63) is 36.2 Å². The molecule has 2 heterocycles. The van der Waals surface area contributed by atoms with Gasteiger partial charge >= 0.3 is 6.09 Å². The van der Waals surface area contributed by atoms with Crippen molar-refractivity contribution in [1.82, 2.24) is 14.8 Å². The minimum absolute atomic E-state index is 0.450. The zero-order valence-corrected chi connectivity index (χ0v) is 10.8. The Morgan fingerprint density at radius 2 is 2.21 bits per heavy atom. The second-order valence-electron chi connectivity index (χ2n) is 3.93. The molecule has 19 heavy (non-hydrogen) atoms. The Balaban J connectivity index is 2.39. The normalized spacial score (nSPS) is 10.3. The van der Waals surface area contributed by atoms with E-state index >= 15 is 0 Å². The van der Waals surface area contributed by atoms with Crippen molar-refractivity contribution in [2.75, 3.05) is 19.1 Å². The number of halogens is 1. The summed E-state index contributed by atoms with van der Waals surface area (Å²) in [6.07, 6.45) is 3.71. The highest BCUT2D eigenvalue weighted by atomic mass is 19.1. The first-order valence-corrected chi connectivity index (χ1v) is 5.52. The molecule has 2 rings (SSSR count). The molecule has 0 atom stereocenters. The summed E-state index contributed by atoms with van der Waals surface area (Å²) in [6.45, 7) is 1.75. The van der Waals surface area contributed by atoms with Crippen molar-refractivity contribution in [1.29, 1.82) is 0 Å². The van der Waals surface area contributed by atoms with Crippen LogP contribution in [-0.4, -0.2) is 35.0 Å². The lowest BCUT2D eigenvalue weighted by Crippen LogP contribution is -2.26. The Morgan fingerprint density at radius 3 is 2.84 bits per heavy atom. The topological polar surface area (TPSA) is 60.2 Å². The number of nitrogens with zero attached hydrogens (tertiary/aromatic N) is 4. The number of aryl methyl sites for hydroxylation is 1. The van der Waals surface area contributed by atoms with Gasteiger partial charge in [0, 0.05) is 13.1 Å². The summed E-state index contributed by atoms with van der Waals surface area (Å²) in [5.74, 6) is -0.450. The van der Waals surface area contributed by atoms with Crippen molar-refractivity contribution >= 4 is 11.8 Å². The Bertz CT molecular complexity index is 612. The van der Waals surface area contributed by atoms with Crippen LogP contribution in [0.3, 0.4) is 0 Å².